The highest BCUT2D eigenvalue weighted by atomic mass is 32.2. The average molecular weight is 196 g/mol. The molecule has 0 rings (SSSR count). The van der Waals surface area contributed by atoms with Crippen molar-refractivity contribution in [3.63, 3.8) is 0 Å². The predicted octanol–water partition coefficient (Wildman–Crippen LogP) is -0.847. The highest BCUT2D eigenvalue weighted by Gasteiger charge is 2.11. The molecule has 0 heterocycles. The van der Waals surface area contributed by atoms with E-state index >= 15 is 0 Å². The first-order chi connectivity index (χ1) is 5.36. The maximum absolute atomic E-state index is 11.0. The second-order valence-corrected chi connectivity index (χ2v) is 4.79. The molecular weight excluding hydrogens is 180 g/mol. The Morgan fingerprint density at radius 1 is 1.50 bits per heavy atom. The Morgan fingerprint density at radius 2 is 2.00 bits per heavy atom. The second-order valence-electron chi connectivity index (χ2n) is 2.82. The quantitative estimate of drug-likeness (QED) is 0.602. The fraction of sp³-hybridized carbons (Fsp3) is 1.00. The van der Waals surface area contributed by atoms with Gasteiger partial charge >= 0.3 is 0 Å². The highest BCUT2D eigenvalue weighted by Crippen LogP contribution is 1.91. The van der Waals surface area contributed by atoms with Crippen molar-refractivity contribution in [2.24, 2.45) is 0 Å². The first kappa shape index (κ1) is 11.8. The maximum Gasteiger partial charge on any atom is 0.278 e. The number of aliphatic hydroxyl groups is 1. The van der Waals surface area contributed by atoms with Gasteiger partial charge in [-0.1, -0.05) is 0 Å². The standard InChI is InChI=1S/C6H16N2O3S/c1-6(9)4-5-7-12(10,11)8(2)3/h6-7,9H,4-5H2,1-3H3. The number of nitrogens with zero attached hydrogens (tertiary/aromatic N) is 1. The molecule has 6 heteroatoms. The molecule has 0 aliphatic heterocycles. The minimum atomic E-state index is -3.32. The molecule has 1 atom stereocenters. The zero-order chi connectivity index (χ0) is 9.78. The highest BCUT2D eigenvalue weighted by molar-refractivity contribution is 7.87. The lowest BCUT2D eigenvalue weighted by molar-refractivity contribution is 0.186. The molecule has 0 spiro atoms. The summed E-state index contributed by atoms with van der Waals surface area (Å²) in [5, 5.41) is 8.84. The fourth-order valence-corrected chi connectivity index (χ4v) is 1.16. The Labute approximate surface area is 73.6 Å². The van der Waals surface area contributed by atoms with Gasteiger partial charge in [0.15, 0.2) is 0 Å². The van der Waals surface area contributed by atoms with E-state index in [0.29, 0.717) is 6.42 Å². The summed E-state index contributed by atoms with van der Waals surface area (Å²) in [6.45, 7) is 1.88. The Kier molecular flexibility index (Phi) is 4.69. The lowest BCUT2D eigenvalue weighted by Gasteiger charge is -2.12. The zero-order valence-electron chi connectivity index (χ0n) is 7.61. The van der Waals surface area contributed by atoms with Gasteiger partial charge in [0, 0.05) is 20.6 Å². The van der Waals surface area contributed by atoms with Crippen LogP contribution in [0.25, 0.3) is 0 Å². The van der Waals surface area contributed by atoms with Crippen LogP contribution >= 0.6 is 0 Å². The van der Waals surface area contributed by atoms with E-state index in [2.05, 4.69) is 4.72 Å². The van der Waals surface area contributed by atoms with E-state index in [-0.39, 0.29) is 6.54 Å². The summed E-state index contributed by atoms with van der Waals surface area (Å²) in [5.41, 5.74) is 0. The van der Waals surface area contributed by atoms with Crippen LogP contribution in [-0.4, -0.2) is 44.6 Å². The van der Waals surface area contributed by atoms with Gasteiger partial charge in [0.1, 0.15) is 0 Å². The first-order valence-electron chi connectivity index (χ1n) is 3.71. The number of nitrogens with one attached hydrogen (secondary N) is 1. The zero-order valence-corrected chi connectivity index (χ0v) is 8.43. The molecule has 0 saturated heterocycles. The van der Waals surface area contributed by atoms with Gasteiger partial charge in [0.2, 0.25) is 0 Å². The average Bonchev–Trinajstić information content (AvgIpc) is 1.85. The summed E-state index contributed by atoms with van der Waals surface area (Å²) >= 11 is 0. The topological polar surface area (TPSA) is 69.6 Å². The molecule has 0 saturated carbocycles. The molecule has 1 unspecified atom stereocenters. The minimum Gasteiger partial charge on any atom is -0.393 e. The van der Waals surface area contributed by atoms with Gasteiger partial charge in [0.25, 0.3) is 10.2 Å². The summed E-state index contributed by atoms with van der Waals surface area (Å²) in [6.07, 6.45) is -0.0533. The molecule has 0 fully saturated rings. The van der Waals surface area contributed by atoms with Gasteiger partial charge in [-0.15, -0.1) is 0 Å². The smallest absolute Gasteiger partial charge is 0.278 e. The van der Waals surface area contributed by atoms with Gasteiger partial charge in [-0.3, -0.25) is 0 Å². The van der Waals surface area contributed by atoms with E-state index in [1.165, 1.54) is 14.1 Å². The molecule has 0 aliphatic carbocycles. The predicted molar refractivity (Wildman–Crippen MR) is 46.9 cm³/mol. The third-order valence-electron chi connectivity index (χ3n) is 1.33. The van der Waals surface area contributed by atoms with E-state index in [0.717, 1.165) is 4.31 Å². The lowest BCUT2D eigenvalue weighted by atomic mass is 10.3. The van der Waals surface area contributed by atoms with Gasteiger partial charge in [-0.05, 0) is 13.3 Å². The summed E-state index contributed by atoms with van der Waals surface area (Å²) in [6, 6.07) is 0. The lowest BCUT2D eigenvalue weighted by Crippen LogP contribution is -2.36. The molecule has 0 aromatic carbocycles. The van der Waals surface area contributed by atoms with Crippen LogP contribution in [0.3, 0.4) is 0 Å². The van der Waals surface area contributed by atoms with Crippen LogP contribution in [0.4, 0.5) is 0 Å². The monoisotopic (exact) mass is 196 g/mol. The Balaban J connectivity index is 3.79. The first-order valence-corrected chi connectivity index (χ1v) is 5.15. The maximum atomic E-state index is 11.0. The molecule has 5 nitrogen and oxygen atoms in total. The summed E-state index contributed by atoms with van der Waals surface area (Å²) in [4.78, 5) is 0. The van der Waals surface area contributed by atoms with Crippen molar-refractivity contribution in [3.8, 4) is 0 Å². The molecule has 12 heavy (non-hydrogen) atoms. The molecule has 2 N–H and O–H groups in total. The molecule has 0 aromatic rings. The van der Waals surface area contributed by atoms with Crippen LogP contribution in [0.2, 0.25) is 0 Å². The van der Waals surface area contributed by atoms with Crippen molar-refractivity contribution >= 4 is 10.2 Å². The molecule has 0 aliphatic rings. The van der Waals surface area contributed by atoms with Gasteiger partial charge in [-0.25, -0.2) is 4.72 Å². The molecular formula is C6H16N2O3S. The van der Waals surface area contributed by atoms with Crippen molar-refractivity contribution in [2.75, 3.05) is 20.6 Å². The third-order valence-corrected chi connectivity index (χ3v) is 2.86. The SMILES string of the molecule is CC(O)CCNS(=O)(=O)N(C)C. The van der Waals surface area contributed by atoms with E-state index in [1.54, 1.807) is 6.92 Å². The van der Waals surface area contributed by atoms with Crippen molar-refractivity contribution in [3.05, 3.63) is 0 Å². The van der Waals surface area contributed by atoms with E-state index in [4.69, 9.17) is 5.11 Å². The van der Waals surface area contributed by atoms with Crippen LogP contribution in [-0.2, 0) is 10.2 Å². The molecule has 74 valence electrons. The summed E-state index contributed by atoms with van der Waals surface area (Å²) < 4.78 is 25.5. The van der Waals surface area contributed by atoms with E-state index in [9.17, 15) is 8.42 Å². The Hall–Kier alpha value is -0.170. The molecule has 0 bridgehead atoms. The molecule has 0 amide bonds. The molecule has 0 aromatic heterocycles. The van der Waals surface area contributed by atoms with Crippen molar-refractivity contribution in [2.45, 2.75) is 19.4 Å². The van der Waals surface area contributed by atoms with Gasteiger partial charge in [0.05, 0.1) is 6.10 Å². The third kappa shape index (κ3) is 4.66. The fourth-order valence-electron chi connectivity index (χ4n) is 0.526. The normalized spacial score (nSPS) is 15.1. The summed E-state index contributed by atoms with van der Waals surface area (Å²) in [7, 11) is -0.423. The van der Waals surface area contributed by atoms with Gasteiger partial charge < -0.3 is 5.11 Å². The second kappa shape index (κ2) is 4.76. The van der Waals surface area contributed by atoms with Crippen LogP contribution in [0, 0.1) is 0 Å². The van der Waals surface area contributed by atoms with Gasteiger partial charge in [-0.2, -0.15) is 12.7 Å². The van der Waals surface area contributed by atoms with Crippen LogP contribution in [0.1, 0.15) is 13.3 Å². The largest absolute Gasteiger partial charge is 0.393 e. The van der Waals surface area contributed by atoms with E-state index in [1.807, 2.05) is 0 Å². The van der Waals surface area contributed by atoms with Crippen LogP contribution in [0.5, 0.6) is 0 Å². The van der Waals surface area contributed by atoms with Crippen LogP contribution in [0.15, 0.2) is 0 Å². The summed E-state index contributed by atoms with van der Waals surface area (Å²) in [5.74, 6) is 0. The van der Waals surface area contributed by atoms with Crippen molar-refractivity contribution < 1.29 is 13.5 Å². The number of aliphatic hydroxyl groups excluding tert-OH is 1. The number of hydrogen-bond donors (Lipinski definition) is 2. The van der Waals surface area contributed by atoms with E-state index < -0.39 is 16.3 Å². The van der Waals surface area contributed by atoms with Crippen molar-refractivity contribution in [1.29, 1.82) is 0 Å². The number of hydrogen-bond acceptors (Lipinski definition) is 3. The van der Waals surface area contributed by atoms with Crippen LogP contribution < -0.4 is 4.72 Å². The molecule has 0 radical (unpaired) electrons. The minimum absolute atomic E-state index is 0.262. The van der Waals surface area contributed by atoms with Crippen molar-refractivity contribution in [1.82, 2.24) is 9.03 Å². The Morgan fingerprint density at radius 3 is 2.33 bits per heavy atom. The Bertz CT molecular complexity index is 211. The number of rotatable bonds is 5.